The Bertz CT molecular complexity index is 547. The van der Waals surface area contributed by atoms with Gasteiger partial charge in [0, 0.05) is 6.54 Å². The van der Waals surface area contributed by atoms with Gasteiger partial charge >= 0.3 is 0 Å². The molecule has 26 heavy (non-hydrogen) atoms. The Morgan fingerprint density at radius 2 is 1.85 bits per heavy atom. The van der Waals surface area contributed by atoms with Gasteiger partial charge in [-0.3, -0.25) is 4.90 Å². The van der Waals surface area contributed by atoms with Gasteiger partial charge in [-0.15, -0.1) is 0 Å². The third-order valence-electron chi connectivity index (χ3n) is 4.10. The molecule has 5 heteroatoms. The van der Waals surface area contributed by atoms with E-state index in [4.69, 9.17) is 14.3 Å². The fourth-order valence-electron chi connectivity index (χ4n) is 2.68. The summed E-state index contributed by atoms with van der Waals surface area (Å²) in [4.78, 5) is 7.03. The van der Waals surface area contributed by atoms with Crippen LogP contribution in [0.4, 0.5) is 0 Å². The second-order valence-corrected chi connectivity index (χ2v) is 6.19. The third kappa shape index (κ3) is 8.39. The van der Waals surface area contributed by atoms with Gasteiger partial charge in [0.2, 0.25) is 0 Å². The smallest absolute Gasteiger partial charge is 0.125 e. The highest BCUT2D eigenvalue weighted by Crippen LogP contribution is 2.28. The molecule has 0 atom stereocenters. The van der Waals surface area contributed by atoms with Gasteiger partial charge in [0.05, 0.1) is 12.8 Å². The fourth-order valence-corrected chi connectivity index (χ4v) is 2.68. The molecule has 0 aromatic heterocycles. The maximum atomic E-state index is 6.03. The van der Waals surface area contributed by atoms with Crippen LogP contribution in [0.3, 0.4) is 0 Å². The molecule has 0 aliphatic rings. The van der Waals surface area contributed by atoms with E-state index in [9.17, 15) is 0 Å². The molecule has 0 aliphatic heterocycles. The van der Waals surface area contributed by atoms with Crippen molar-refractivity contribution in [3.8, 4) is 11.5 Å². The number of hydrogen-bond acceptors (Lipinski definition) is 5. The first kappa shape index (κ1) is 22.0. The van der Waals surface area contributed by atoms with Crippen molar-refractivity contribution in [1.29, 1.82) is 0 Å². The summed E-state index contributed by atoms with van der Waals surface area (Å²) >= 11 is 0. The van der Waals surface area contributed by atoms with Crippen molar-refractivity contribution in [2.45, 2.75) is 40.5 Å². The molecule has 0 amide bonds. The van der Waals surface area contributed by atoms with Crippen LogP contribution in [0.2, 0.25) is 0 Å². The zero-order chi connectivity index (χ0) is 19.2. The van der Waals surface area contributed by atoms with Crippen LogP contribution in [0.25, 0.3) is 0 Å². The molecule has 0 bridgehead atoms. The summed E-state index contributed by atoms with van der Waals surface area (Å²) in [6, 6.07) is 4.08. The van der Waals surface area contributed by atoms with Crippen LogP contribution in [-0.4, -0.2) is 51.1 Å². The summed E-state index contributed by atoms with van der Waals surface area (Å²) < 4.78 is 11.7. The van der Waals surface area contributed by atoms with Crippen LogP contribution in [0.1, 0.15) is 37.8 Å². The van der Waals surface area contributed by atoms with Crippen molar-refractivity contribution in [2.75, 3.05) is 40.0 Å². The number of aryl methyl sites for hydroxylation is 2. The average molecular weight is 363 g/mol. The lowest BCUT2D eigenvalue weighted by Gasteiger charge is -2.18. The molecule has 0 radical (unpaired) electrons. The Morgan fingerprint density at radius 3 is 2.46 bits per heavy atom. The zero-order valence-electron chi connectivity index (χ0n) is 17.0. The number of allylic oxidation sites excluding steroid dienone is 1. The van der Waals surface area contributed by atoms with Crippen LogP contribution < -0.4 is 9.47 Å². The molecule has 1 rings (SSSR count). The maximum absolute atomic E-state index is 6.03. The molecule has 0 fully saturated rings. The average Bonchev–Trinajstić information content (AvgIpc) is 2.62. The minimum atomic E-state index is 0.596. The van der Waals surface area contributed by atoms with Crippen molar-refractivity contribution < 1.29 is 14.3 Å². The van der Waals surface area contributed by atoms with E-state index in [1.54, 1.807) is 13.3 Å². The van der Waals surface area contributed by atoms with E-state index >= 15 is 0 Å². The second kappa shape index (κ2) is 13.2. The topological polar surface area (TPSA) is 43.3 Å². The van der Waals surface area contributed by atoms with Crippen molar-refractivity contribution in [3.05, 3.63) is 35.4 Å². The second-order valence-electron chi connectivity index (χ2n) is 6.19. The molecular weight excluding hydrogens is 328 g/mol. The third-order valence-corrected chi connectivity index (χ3v) is 4.10. The van der Waals surface area contributed by atoms with Crippen LogP contribution in [0, 0.1) is 13.8 Å². The Morgan fingerprint density at radius 1 is 1.12 bits per heavy atom. The minimum Gasteiger partial charge on any atom is -0.493 e. The first-order chi connectivity index (χ1) is 12.6. The lowest BCUT2D eigenvalue weighted by Crippen LogP contribution is -2.26. The number of rotatable bonds is 13. The van der Waals surface area contributed by atoms with Crippen LogP contribution >= 0.6 is 0 Å². The predicted octanol–water partition coefficient (Wildman–Crippen LogP) is 4.37. The molecule has 0 heterocycles. The molecule has 5 nitrogen and oxygen atoms in total. The van der Waals surface area contributed by atoms with Gasteiger partial charge in [0.15, 0.2) is 0 Å². The van der Waals surface area contributed by atoms with Crippen molar-refractivity contribution in [1.82, 2.24) is 4.90 Å². The normalized spacial score (nSPS) is 11.6. The van der Waals surface area contributed by atoms with Gasteiger partial charge in [-0.1, -0.05) is 24.2 Å². The molecular formula is C21H34N2O3. The Kier molecular flexibility index (Phi) is 11.2. The van der Waals surface area contributed by atoms with Gasteiger partial charge in [-0.2, -0.15) is 0 Å². The van der Waals surface area contributed by atoms with Crippen molar-refractivity contribution >= 4 is 6.21 Å². The summed E-state index contributed by atoms with van der Waals surface area (Å²) in [6.45, 7) is 12.5. The first-order valence-corrected chi connectivity index (χ1v) is 9.37. The van der Waals surface area contributed by atoms with Crippen LogP contribution in [0.5, 0.6) is 11.5 Å². The summed E-state index contributed by atoms with van der Waals surface area (Å²) in [6.07, 6.45) is 7.90. The van der Waals surface area contributed by atoms with Gasteiger partial charge in [-0.05, 0) is 70.0 Å². The van der Waals surface area contributed by atoms with Crippen LogP contribution in [0.15, 0.2) is 29.4 Å². The van der Waals surface area contributed by atoms with E-state index in [2.05, 4.69) is 30.8 Å². The highest BCUT2D eigenvalue weighted by molar-refractivity contribution is 5.58. The molecule has 146 valence electrons. The quantitative estimate of drug-likeness (QED) is 0.226. The molecule has 1 aromatic carbocycles. The highest BCUT2D eigenvalue weighted by atomic mass is 16.6. The standard InChI is InChI=1S/C21H34N2O3/c1-6-8-14-25-20-16-18(3)21(19(4)17-20)26-15-10-9-12-23(7-2)13-11-22-24-5/h6,8,11,16-17H,7,9-10,12-15H2,1-5H3/b8-6+,22-11?. The van der Waals surface area contributed by atoms with E-state index in [0.29, 0.717) is 6.61 Å². The lowest BCUT2D eigenvalue weighted by molar-refractivity contribution is 0.212. The van der Waals surface area contributed by atoms with E-state index in [0.717, 1.165) is 61.7 Å². The maximum Gasteiger partial charge on any atom is 0.125 e. The fraction of sp³-hybridized carbons (Fsp3) is 0.571. The molecule has 0 saturated heterocycles. The summed E-state index contributed by atoms with van der Waals surface area (Å²) in [7, 11) is 1.56. The largest absolute Gasteiger partial charge is 0.493 e. The number of hydrogen-bond donors (Lipinski definition) is 0. The summed E-state index contributed by atoms with van der Waals surface area (Å²) in [5.41, 5.74) is 2.23. The van der Waals surface area contributed by atoms with Gasteiger partial charge in [0.1, 0.15) is 25.2 Å². The summed E-state index contributed by atoms with van der Waals surface area (Å²) in [5.74, 6) is 1.87. The first-order valence-electron chi connectivity index (χ1n) is 9.37. The van der Waals surface area contributed by atoms with E-state index in [-0.39, 0.29) is 0 Å². The Hall–Kier alpha value is -2.01. The summed E-state index contributed by atoms with van der Waals surface area (Å²) in [5, 5.41) is 3.79. The number of unbranched alkanes of at least 4 members (excludes halogenated alkanes) is 1. The van der Waals surface area contributed by atoms with E-state index in [1.807, 2.05) is 31.2 Å². The minimum absolute atomic E-state index is 0.596. The lowest BCUT2D eigenvalue weighted by atomic mass is 10.1. The monoisotopic (exact) mass is 362 g/mol. The highest BCUT2D eigenvalue weighted by Gasteiger charge is 2.07. The Balaban J connectivity index is 2.39. The van der Waals surface area contributed by atoms with Crippen LogP contribution in [-0.2, 0) is 4.84 Å². The molecule has 0 N–H and O–H groups in total. The molecule has 1 aromatic rings. The zero-order valence-corrected chi connectivity index (χ0v) is 17.0. The van der Waals surface area contributed by atoms with Crippen molar-refractivity contribution in [3.63, 3.8) is 0 Å². The van der Waals surface area contributed by atoms with E-state index < -0.39 is 0 Å². The van der Waals surface area contributed by atoms with Gasteiger partial charge in [0.25, 0.3) is 0 Å². The predicted molar refractivity (Wildman–Crippen MR) is 109 cm³/mol. The number of benzene rings is 1. The molecule has 0 unspecified atom stereocenters. The van der Waals surface area contributed by atoms with Gasteiger partial charge in [-0.25, -0.2) is 0 Å². The number of oxime groups is 1. The molecule has 0 saturated carbocycles. The van der Waals surface area contributed by atoms with Gasteiger partial charge < -0.3 is 14.3 Å². The Labute approximate surface area is 158 Å². The number of nitrogens with zero attached hydrogens (tertiary/aromatic N) is 2. The molecule has 0 spiro atoms. The molecule has 0 aliphatic carbocycles. The van der Waals surface area contributed by atoms with E-state index in [1.165, 1.54) is 0 Å². The number of ether oxygens (including phenoxy) is 2. The van der Waals surface area contributed by atoms with Crippen molar-refractivity contribution in [2.24, 2.45) is 5.16 Å². The SMILES string of the molecule is C/C=C/COc1cc(C)c(OCCCCN(CC)CC=NOC)c(C)c1.